The molecule has 0 heterocycles. The largest absolute Gasteiger partial charge is 0.493 e. The molecular formula is C10H10BrF3O3. The molecule has 0 radical (unpaired) electrons. The summed E-state index contributed by atoms with van der Waals surface area (Å²) in [5, 5.41) is 9.12. The minimum Gasteiger partial charge on any atom is -0.493 e. The lowest BCUT2D eigenvalue weighted by molar-refractivity contribution is -0.206. The number of rotatable bonds is 3. The van der Waals surface area contributed by atoms with Crippen molar-refractivity contribution in [3.05, 3.63) is 22.2 Å². The number of ether oxygens (including phenoxy) is 2. The van der Waals surface area contributed by atoms with E-state index in [1.807, 2.05) is 0 Å². The predicted molar refractivity (Wildman–Crippen MR) is 58.3 cm³/mol. The Bertz CT molecular complexity index is 407. The fourth-order valence-corrected chi connectivity index (χ4v) is 1.91. The van der Waals surface area contributed by atoms with Crippen LogP contribution in [0.1, 0.15) is 11.7 Å². The Hall–Kier alpha value is -0.950. The van der Waals surface area contributed by atoms with Gasteiger partial charge in [-0.2, -0.15) is 13.2 Å². The standard InChI is InChI=1S/C10H10BrF3O3/c1-16-7-4-5(9(15)10(12,13)14)3-6(11)8(7)17-2/h3-4,9,15H,1-2H3. The SMILES string of the molecule is COc1cc(C(O)C(F)(F)F)cc(Br)c1OC. The maximum absolute atomic E-state index is 12.3. The van der Waals surface area contributed by atoms with Crippen LogP contribution < -0.4 is 9.47 Å². The van der Waals surface area contributed by atoms with Crippen LogP contribution in [0.3, 0.4) is 0 Å². The molecular weight excluding hydrogens is 305 g/mol. The third-order valence-corrected chi connectivity index (χ3v) is 2.67. The number of alkyl halides is 3. The van der Waals surface area contributed by atoms with E-state index in [1.54, 1.807) is 0 Å². The van der Waals surface area contributed by atoms with Crippen LogP contribution in [0, 0.1) is 0 Å². The Labute approximate surface area is 104 Å². The molecule has 0 aliphatic rings. The Kier molecular flexibility index (Phi) is 4.26. The van der Waals surface area contributed by atoms with Crippen LogP contribution in [0.4, 0.5) is 13.2 Å². The lowest BCUT2D eigenvalue weighted by atomic mass is 10.1. The summed E-state index contributed by atoms with van der Waals surface area (Å²) in [6, 6.07) is 2.22. The highest BCUT2D eigenvalue weighted by molar-refractivity contribution is 9.10. The summed E-state index contributed by atoms with van der Waals surface area (Å²) in [4.78, 5) is 0. The maximum atomic E-state index is 12.3. The summed E-state index contributed by atoms with van der Waals surface area (Å²) in [6.45, 7) is 0. The van der Waals surface area contributed by atoms with Gasteiger partial charge in [0.15, 0.2) is 17.6 Å². The van der Waals surface area contributed by atoms with Gasteiger partial charge in [-0.15, -0.1) is 0 Å². The van der Waals surface area contributed by atoms with E-state index in [2.05, 4.69) is 15.9 Å². The molecule has 0 aliphatic carbocycles. The van der Waals surface area contributed by atoms with E-state index < -0.39 is 12.3 Å². The van der Waals surface area contributed by atoms with Gasteiger partial charge >= 0.3 is 6.18 Å². The third kappa shape index (κ3) is 3.04. The maximum Gasteiger partial charge on any atom is 0.418 e. The van der Waals surface area contributed by atoms with Gasteiger partial charge < -0.3 is 14.6 Å². The summed E-state index contributed by atoms with van der Waals surface area (Å²) in [6.07, 6.45) is -7.28. The van der Waals surface area contributed by atoms with Gasteiger partial charge in [0, 0.05) is 0 Å². The van der Waals surface area contributed by atoms with Gasteiger partial charge in [-0.25, -0.2) is 0 Å². The van der Waals surface area contributed by atoms with Crippen molar-refractivity contribution in [3.8, 4) is 11.5 Å². The van der Waals surface area contributed by atoms with Crippen LogP contribution in [0.5, 0.6) is 11.5 Å². The van der Waals surface area contributed by atoms with Crippen molar-refractivity contribution < 1.29 is 27.8 Å². The van der Waals surface area contributed by atoms with Crippen molar-refractivity contribution in [2.24, 2.45) is 0 Å². The lowest BCUT2D eigenvalue weighted by Gasteiger charge is -2.17. The molecule has 0 bridgehead atoms. The van der Waals surface area contributed by atoms with Gasteiger partial charge in [-0.05, 0) is 33.6 Å². The molecule has 1 N–H and O–H groups in total. The number of halogens is 4. The van der Waals surface area contributed by atoms with Crippen molar-refractivity contribution in [2.75, 3.05) is 14.2 Å². The molecule has 0 saturated heterocycles. The zero-order chi connectivity index (χ0) is 13.2. The van der Waals surface area contributed by atoms with Gasteiger partial charge in [0.1, 0.15) is 0 Å². The van der Waals surface area contributed by atoms with Gasteiger partial charge in [-0.3, -0.25) is 0 Å². The molecule has 1 aromatic carbocycles. The van der Waals surface area contributed by atoms with Gasteiger partial charge in [-0.1, -0.05) is 0 Å². The average Bonchev–Trinajstić information content (AvgIpc) is 2.25. The van der Waals surface area contributed by atoms with Gasteiger partial charge in [0.05, 0.1) is 18.7 Å². The van der Waals surface area contributed by atoms with Crippen molar-refractivity contribution >= 4 is 15.9 Å². The van der Waals surface area contributed by atoms with Gasteiger partial charge in [0.25, 0.3) is 0 Å². The lowest BCUT2D eigenvalue weighted by Crippen LogP contribution is -2.20. The van der Waals surface area contributed by atoms with Crippen LogP contribution in [-0.4, -0.2) is 25.5 Å². The first-order valence-electron chi connectivity index (χ1n) is 4.47. The second-order valence-corrected chi connectivity index (χ2v) is 4.04. The van der Waals surface area contributed by atoms with Crippen molar-refractivity contribution in [1.29, 1.82) is 0 Å². The zero-order valence-electron chi connectivity index (χ0n) is 9.01. The first kappa shape index (κ1) is 14.1. The highest BCUT2D eigenvalue weighted by Crippen LogP contribution is 2.41. The molecule has 1 atom stereocenters. The Balaban J connectivity index is 3.25. The smallest absolute Gasteiger partial charge is 0.418 e. The van der Waals surface area contributed by atoms with Crippen LogP contribution in [0.15, 0.2) is 16.6 Å². The Morgan fingerprint density at radius 2 is 1.82 bits per heavy atom. The van der Waals surface area contributed by atoms with E-state index in [1.165, 1.54) is 14.2 Å². The number of aliphatic hydroxyl groups excluding tert-OH is 1. The molecule has 0 aliphatic heterocycles. The van der Waals surface area contributed by atoms with Crippen LogP contribution in [0.25, 0.3) is 0 Å². The number of hydrogen-bond donors (Lipinski definition) is 1. The number of aliphatic hydroxyl groups is 1. The van der Waals surface area contributed by atoms with Crippen LogP contribution >= 0.6 is 15.9 Å². The molecule has 0 aromatic heterocycles. The normalized spacial score (nSPS) is 13.4. The van der Waals surface area contributed by atoms with E-state index in [0.29, 0.717) is 0 Å². The highest BCUT2D eigenvalue weighted by atomic mass is 79.9. The molecule has 3 nitrogen and oxygen atoms in total. The summed E-state index contributed by atoms with van der Waals surface area (Å²) < 4.78 is 47.2. The minimum absolute atomic E-state index is 0.111. The molecule has 96 valence electrons. The van der Waals surface area contributed by atoms with E-state index >= 15 is 0 Å². The summed E-state index contributed by atoms with van der Waals surface area (Å²) in [7, 11) is 2.66. The van der Waals surface area contributed by atoms with Crippen LogP contribution in [-0.2, 0) is 0 Å². The number of hydrogen-bond acceptors (Lipinski definition) is 3. The molecule has 1 aromatic rings. The highest BCUT2D eigenvalue weighted by Gasteiger charge is 2.40. The number of methoxy groups -OCH3 is 2. The Morgan fingerprint density at radius 3 is 2.24 bits per heavy atom. The minimum atomic E-state index is -4.72. The second kappa shape index (κ2) is 5.14. The topological polar surface area (TPSA) is 38.7 Å². The molecule has 0 amide bonds. The molecule has 17 heavy (non-hydrogen) atoms. The zero-order valence-corrected chi connectivity index (χ0v) is 10.6. The van der Waals surface area contributed by atoms with E-state index in [0.717, 1.165) is 12.1 Å². The molecule has 0 fully saturated rings. The number of benzene rings is 1. The van der Waals surface area contributed by atoms with E-state index in [-0.39, 0.29) is 21.5 Å². The fourth-order valence-electron chi connectivity index (χ4n) is 1.28. The summed E-state index contributed by atoms with van der Waals surface area (Å²) in [5.41, 5.74) is -0.318. The Morgan fingerprint density at radius 1 is 1.24 bits per heavy atom. The second-order valence-electron chi connectivity index (χ2n) is 3.18. The van der Waals surface area contributed by atoms with Crippen molar-refractivity contribution in [1.82, 2.24) is 0 Å². The summed E-state index contributed by atoms with van der Waals surface area (Å²) in [5.74, 6) is 0.380. The van der Waals surface area contributed by atoms with E-state index in [9.17, 15) is 13.2 Å². The first-order chi connectivity index (χ1) is 7.81. The van der Waals surface area contributed by atoms with Gasteiger partial charge in [0.2, 0.25) is 0 Å². The molecule has 7 heteroatoms. The third-order valence-electron chi connectivity index (χ3n) is 2.08. The predicted octanol–water partition coefficient (Wildman–Crippen LogP) is 3.06. The molecule has 1 rings (SSSR count). The average molecular weight is 315 g/mol. The molecule has 1 unspecified atom stereocenters. The monoisotopic (exact) mass is 314 g/mol. The van der Waals surface area contributed by atoms with E-state index in [4.69, 9.17) is 14.6 Å². The quantitative estimate of drug-likeness (QED) is 0.932. The molecule has 0 saturated carbocycles. The first-order valence-corrected chi connectivity index (χ1v) is 5.26. The van der Waals surface area contributed by atoms with Crippen molar-refractivity contribution in [2.45, 2.75) is 12.3 Å². The molecule has 0 spiro atoms. The fraction of sp³-hybridized carbons (Fsp3) is 0.400. The van der Waals surface area contributed by atoms with Crippen LogP contribution in [0.2, 0.25) is 0 Å². The van der Waals surface area contributed by atoms with Crippen molar-refractivity contribution in [3.63, 3.8) is 0 Å². The summed E-state index contributed by atoms with van der Waals surface area (Å²) >= 11 is 3.05.